The standard InChI is InChI=1S/C10H16N2O2S/c1-11-7-8(6-9(11)13)10(14)12-2-4-15-5-3-12/h8H,2-7H2,1H3. The van der Waals surface area contributed by atoms with E-state index in [2.05, 4.69) is 0 Å². The van der Waals surface area contributed by atoms with Gasteiger partial charge in [0.15, 0.2) is 0 Å². The van der Waals surface area contributed by atoms with E-state index in [4.69, 9.17) is 0 Å². The molecule has 1 atom stereocenters. The predicted molar refractivity (Wildman–Crippen MR) is 59.6 cm³/mol. The van der Waals surface area contributed by atoms with Crippen LogP contribution in [0, 0.1) is 5.92 Å². The van der Waals surface area contributed by atoms with Gasteiger partial charge in [-0.05, 0) is 0 Å². The van der Waals surface area contributed by atoms with Crippen LogP contribution in [0.3, 0.4) is 0 Å². The van der Waals surface area contributed by atoms with Crippen molar-refractivity contribution in [2.75, 3.05) is 38.2 Å². The van der Waals surface area contributed by atoms with Crippen molar-refractivity contribution in [3.05, 3.63) is 0 Å². The Bertz CT molecular complexity index is 277. The lowest BCUT2D eigenvalue weighted by Crippen LogP contribution is -2.42. The molecule has 15 heavy (non-hydrogen) atoms. The fraction of sp³-hybridized carbons (Fsp3) is 0.800. The molecule has 0 aromatic heterocycles. The van der Waals surface area contributed by atoms with Gasteiger partial charge in [0.25, 0.3) is 0 Å². The first-order valence-electron chi connectivity index (χ1n) is 5.29. The molecule has 2 fully saturated rings. The quantitative estimate of drug-likeness (QED) is 0.636. The molecule has 0 radical (unpaired) electrons. The minimum absolute atomic E-state index is 0.0920. The molecule has 2 heterocycles. The van der Waals surface area contributed by atoms with Gasteiger partial charge in [-0.2, -0.15) is 11.8 Å². The molecule has 0 aromatic rings. The fourth-order valence-corrected chi connectivity index (χ4v) is 2.97. The van der Waals surface area contributed by atoms with Gasteiger partial charge in [-0.1, -0.05) is 0 Å². The molecule has 2 saturated heterocycles. The monoisotopic (exact) mass is 228 g/mol. The van der Waals surface area contributed by atoms with Crippen LogP contribution >= 0.6 is 11.8 Å². The van der Waals surface area contributed by atoms with Crippen LogP contribution in [-0.2, 0) is 9.59 Å². The molecule has 0 N–H and O–H groups in total. The number of carbonyl (C=O) groups excluding carboxylic acids is 2. The summed E-state index contributed by atoms with van der Waals surface area (Å²) in [6, 6.07) is 0. The van der Waals surface area contributed by atoms with E-state index >= 15 is 0 Å². The molecule has 0 bridgehead atoms. The van der Waals surface area contributed by atoms with Crippen LogP contribution < -0.4 is 0 Å². The van der Waals surface area contributed by atoms with Crippen molar-refractivity contribution in [3.8, 4) is 0 Å². The zero-order chi connectivity index (χ0) is 10.8. The molecule has 2 rings (SSSR count). The summed E-state index contributed by atoms with van der Waals surface area (Å²) in [6.45, 7) is 2.29. The second-order valence-electron chi connectivity index (χ2n) is 4.11. The Morgan fingerprint density at radius 1 is 1.40 bits per heavy atom. The fourth-order valence-electron chi connectivity index (χ4n) is 2.07. The van der Waals surface area contributed by atoms with Gasteiger partial charge in [0.1, 0.15) is 0 Å². The number of hydrogen-bond donors (Lipinski definition) is 0. The molecule has 84 valence electrons. The van der Waals surface area contributed by atoms with E-state index in [-0.39, 0.29) is 17.7 Å². The zero-order valence-corrected chi connectivity index (χ0v) is 9.76. The molecule has 0 saturated carbocycles. The van der Waals surface area contributed by atoms with Crippen LogP contribution in [0.25, 0.3) is 0 Å². The number of hydrogen-bond acceptors (Lipinski definition) is 3. The molecule has 1 unspecified atom stereocenters. The minimum Gasteiger partial charge on any atom is -0.345 e. The van der Waals surface area contributed by atoms with Crippen molar-refractivity contribution in [1.82, 2.24) is 9.80 Å². The van der Waals surface area contributed by atoms with Gasteiger partial charge in [0.05, 0.1) is 5.92 Å². The zero-order valence-electron chi connectivity index (χ0n) is 8.94. The first kappa shape index (κ1) is 10.8. The largest absolute Gasteiger partial charge is 0.345 e. The molecule has 2 aliphatic rings. The molecular weight excluding hydrogens is 212 g/mol. The third kappa shape index (κ3) is 2.27. The Kier molecular flexibility index (Phi) is 3.19. The highest BCUT2D eigenvalue weighted by Crippen LogP contribution is 2.20. The molecule has 5 heteroatoms. The maximum atomic E-state index is 12.0. The second-order valence-corrected chi connectivity index (χ2v) is 5.34. The number of likely N-dealkylation sites (tertiary alicyclic amines) is 1. The lowest BCUT2D eigenvalue weighted by Gasteiger charge is -2.28. The Labute approximate surface area is 94.0 Å². The first-order valence-corrected chi connectivity index (χ1v) is 6.44. The van der Waals surface area contributed by atoms with Gasteiger partial charge in [0, 0.05) is 44.6 Å². The van der Waals surface area contributed by atoms with Crippen LogP contribution in [0.5, 0.6) is 0 Å². The van der Waals surface area contributed by atoms with Gasteiger partial charge < -0.3 is 9.80 Å². The van der Waals surface area contributed by atoms with Crippen LogP contribution in [-0.4, -0.2) is 59.8 Å². The maximum Gasteiger partial charge on any atom is 0.228 e. The summed E-state index contributed by atoms with van der Waals surface area (Å²) in [5.41, 5.74) is 0. The van der Waals surface area contributed by atoms with Crippen molar-refractivity contribution in [3.63, 3.8) is 0 Å². The third-order valence-corrected chi connectivity index (χ3v) is 3.96. The van der Waals surface area contributed by atoms with E-state index in [1.807, 2.05) is 16.7 Å². The van der Waals surface area contributed by atoms with E-state index in [9.17, 15) is 9.59 Å². The van der Waals surface area contributed by atoms with Gasteiger partial charge >= 0.3 is 0 Å². The van der Waals surface area contributed by atoms with Crippen LogP contribution in [0.1, 0.15) is 6.42 Å². The van der Waals surface area contributed by atoms with E-state index in [0.29, 0.717) is 13.0 Å². The molecule has 0 spiro atoms. The first-order chi connectivity index (χ1) is 7.18. The Morgan fingerprint density at radius 3 is 2.60 bits per heavy atom. The van der Waals surface area contributed by atoms with E-state index in [0.717, 1.165) is 24.6 Å². The molecule has 0 aliphatic carbocycles. The molecule has 2 amide bonds. The minimum atomic E-state index is -0.0920. The van der Waals surface area contributed by atoms with Crippen molar-refractivity contribution < 1.29 is 9.59 Å². The Hall–Kier alpha value is -0.710. The summed E-state index contributed by atoms with van der Waals surface area (Å²) in [4.78, 5) is 26.9. The van der Waals surface area contributed by atoms with Crippen molar-refractivity contribution in [1.29, 1.82) is 0 Å². The topological polar surface area (TPSA) is 40.6 Å². The van der Waals surface area contributed by atoms with Crippen molar-refractivity contribution in [2.45, 2.75) is 6.42 Å². The highest BCUT2D eigenvalue weighted by Gasteiger charge is 2.34. The van der Waals surface area contributed by atoms with Crippen LogP contribution in [0.15, 0.2) is 0 Å². The smallest absolute Gasteiger partial charge is 0.228 e. The van der Waals surface area contributed by atoms with Crippen LogP contribution in [0.4, 0.5) is 0 Å². The Balaban J connectivity index is 1.93. The molecule has 0 aromatic carbocycles. The summed E-state index contributed by atoms with van der Waals surface area (Å²) < 4.78 is 0. The van der Waals surface area contributed by atoms with E-state index < -0.39 is 0 Å². The average Bonchev–Trinajstić information content (AvgIpc) is 2.59. The van der Waals surface area contributed by atoms with Crippen LogP contribution in [0.2, 0.25) is 0 Å². The Morgan fingerprint density at radius 2 is 2.07 bits per heavy atom. The van der Waals surface area contributed by atoms with E-state index in [1.54, 1.807) is 11.9 Å². The summed E-state index contributed by atoms with van der Waals surface area (Å²) in [5.74, 6) is 2.24. The number of thioether (sulfide) groups is 1. The third-order valence-electron chi connectivity index (χ3n) is 3.01. The highest BCUT2D eigenvalue weighted by atomic mass is 32.2. The van der Waals surface area contributed by atoms with Gasteiger partial charge in [-0.3, -0.25) is 9.59 Å². The van der Waals surface area contributed by atoms with Gasteiger partial charge in [-0.15, -0.1) is 0 Å². The molecule has 2 aliphatic heterocycles. The average molecular weight is 228 g/mol. The number of carbonyl (C=O) groups is 2. The van der Waals surface area contributed by atoms with Gasteiger partial charge in [0.2, 0.25) is 11.8 Å². The summed E-state index contributed by atoms with van der Waals surface area (Å²) in [5, 5.41) is 0. The highest BCUT2D eigenvalue weighted by molar-refractivity contribution is 7.99. The summed E-state index contributed by atoms with van der Waals surface area (Å²) in [7, 11) is 1.77. The second kappa shape index (κ2) is 4.43. The number of amides is 2. The maximum absolute atomic E-state index is 12.0. The summed E-state index contributed by atoms with van der Waals surface area (Å²) >= 11 is 1.89. The van der Waals surface area contributed by atoms with Crippen molar-refractivity contribution >= 4 is 23.6 Å². The normalized spacial score (nSPS) is 27.3. The number of nitrogens with zero attached hydrogens (tertiary/aromatic N) is 2. The van der Waals surface area contributed by atoms with Gasteiger partial charge in [-0.25, -0.2) is 0 Å². The predicted octanol–water partition coefficient (Wildman–Crippen LogP) is 0.0401. The lowest BCUT2D eigenvalue weighted by molar-refractivity contribution is -0.135. The van der Waals surface area contributed by atoms with Crippen molar-refractivity contribution in [2.24, 2.45) is 5.92 Å². The summed E-state index contributed by atoms with van der Waals surface area (Å²) in [6.07, 6.45) is 0.402. The molecular formula is C10H16N2O2S. The van der Waals surface area contributed by atoms with E-state index in [1.165, 1.54) is 0 Å². The molecule has 4 nitrogen and oxygen atoms in total. The number of rotatable bonds is 1. The SMILES string of the molecule is CN1CC(C(=O)N2CCSCC2)CC1=O. The lowest BCUT2D eigenvalue weighted by atomic mass is 10.1.